The Balaban J connectivity index is 0. The van der Waals surface area contributed by atoms with Gasteiger partial charge in [-0.3, -0.25) is 0 Å². The molecule has 0 unspecified atom stereocenters. The Kier molecular flexibility index (Phi) is 9.88. The fourth-order valence-corrected chi connectivity index (χ4v) is 0.661. The van der Waals surface area contributed by atoms with E-state index in [1.165, 1.54) is 0 Å². The number of hydrogen-bond donors (Lipinski definition) is 4. The number of hydrogen-bond acceptors (Lipinski definition) is 2. The average Bonchev–Trinajstić information content (AvgIpc) is 1.80. The molecule has 0 saturated carbocycles. The van der Waals surface area contributed by atoms with E-state index in [-0.39, 0.29) is 0 Å². The predicted octanol–water partition coefficient (Wildman–Crippen LogP) is 0.959. The molecule has 0 fully saturated rings. The van der Waals surface area contributed by atoms with Crippen LogP contribution in [0.3, 0.4) is 0 Å². The summed E-state index contributed by atoms with van der Waals surface area (Å²) >= 11 is 0. The third-order valence-corrected chi connectivity index (χ3v) is 1.11. The monoisotopic (exact) mass is 227 g/mol. The summed E-state index contributed by atoms with van der Waals surface area (Å²) in [6.07, 6.45) is 0. The molecule has 0 atom stereocenters. The van der Waals surface area contributed by atoms with Crippen molar-refractivity contribution in [3.63, 3.8) is 0 Å². The molecule has 0 aliphatic carbocycles. The molecule has 0 aromatic rings. The van der Waals surface area contributed by atoms with Crippen LogP contribution in [-0.2, 0) is 4.57 Å². The van der Waals surface area contributed by atoms with Crippen LogP contribution < -0.4 is 5.32 Å². The Hall–Kier alpha value is 0.0700. The molecule has 0 aromatic heterocycles. The van der Waals surface area contributed by atoms with Crippen LogP contribution in [0.1, 0.15) is 27.7 Å². The molecule has 6 heteroatoms. The predicted molar refractivity (Wildman–Crippen MR) is 56.8 cm³/mol. The lowest BCUT2D eigenvalue weighted by Gasteiger charge is -2.08. The molecule has 14 heavy (non-hydrogen) atoms. The minimum absolute atomic E-state index is 0.781. The van der Waals surface area contributed by atoms with E-state index in [2.05, 4.69) is 33.0 Å². The SMILES string of the molecule is CC(C)CNCC(C)C.O=P(O)(O)O. The van der Waals surface area contributed by atoms with E-state index < -0.39 is 7.82 Å². The van der Waals surface area contributed by atoms with E-state index in [4.69, 9.17) is 19.2 Å². The van der Waals surface area contributed by atoms with E-state index >= 15 is 0 Å². The zero-order chi connectivity index (χ0) is 11.8. The van der Waals surface area contributed by atoms with Crippen LogP contribution >= 0.6 is 7.82 Å². The molecule has 88 valence electrons. The van der Waals surface area contributed by atoms with Gasteiger partial charge < -0.3 is 20.0 Å². The van der Waals surface area contributed by atoms with Crippen LogP contribution in [0.4, 0.5) is 0 Å². The van der Waals surface area contributed by atoms with Crippen molar-refractivity contribution in [2.75, 3.05) is 13.1 Å². The number of rotatable bonds is 4. The molecular weight excluding hydrogens is 205 g/mol. The summed E-state index contributed by atoms with van der Waals surface area (Å²) < 4.78 is 8.88. The first kappa shape index (κ1) is 16.5. The fraction of sp³-hybridized carbons (Fsp3) is 1.00. The van der Waals surface area contributed by atoms with Crippen molar-refractivity contribution in [2.24, 2.45) is 11.8 Å². The summed E-state index contributed by atoms with van der Waals surface area (Å²) in [6.45, 7) is 11.2. The molecule has 0 aliphatic heterocycles. The van der Waals surface area contributed by atoms with Crippen molar-refractivity contribution < 1.29 is 19.2 Å². The highest BCUT2D eigenvalue weighted by molar-refractivity contribution is 7.45. The van der Waals surface area contributed by atoms with Gasteiger partial charge in [0.25, 0.3) is 0 Å². The summed E-state index contributed by atoms with van der Waals surface area (Å²) in [5.41, 5.74) is 0. The van der Waals surface area contributed by atoms with Crippen LogP contribution in [0, 0.1) is 11.8 Å². The van der Waals surface area contributed by atoms with Gasteiger partial charge >= 0.3 is 7.82 Å². The molecule has 0 spiro atoms. The zero-order valence-electron chi connectivity index (χ0n) is 9.27. The highest BCUT2D eigenvalue weighted by atomic mass is 31.2. The topological polar surface area (TPSA) is 89.8 Å². The van der Waals surface area contributed by atoms with Gasteiger partial charge in [0.2, 0.25) is 0 Å². The molecule has 0 saturated heterocycles. The van der Waals surface area contributed by atoms with E-state index in [1.807, 2.05) is 0 Å². The maximum absolute atomic E-state index is 8.88. The molecule has 4 N–H and O–H groups in total. The van der Waals surface area contributed by atoms with Crippen LogP contribution in [0.5, 0.6) is 0 Å². The highest BCUT2D eigenvalue weighted by Crippen LogP contribution is 2.25. The Labute approximate surface area is 85.8 Å². The Morgan fingerprint density at radius 2 is 1.21 bits per heavy atom. The van der Waals surface area contributed by atoms with Crippen LogP contribution in [0.2, 0.25) is 0 Å². The first-order chi connectivity index (χ1) is 6.13. The fourth-order valence-electron chi connectivity index (χ4n) is 0.661. The van der Waals surface area contributed by atoms with Crippen molar-refractivity contribution in [1.82, 2.24) is 5.32 Å². The molecule has 0 aromatic carbocycles. The van der Waals surface area contributed by atoms with E-state index in [0.29, 0.717) is 0 Å². The standard InChI is InChI=1S/C8H19N.H3O4P/c1-7(2)5-9-6-8(3)4;1-5(2,3)4/h7-9H,5-6H2,1-4H3;(H3,1,2,3,4). The second-order valence-electron chi connectivity index (χ2n) is 3.96. The molecule has 0 aliphatic rings. The Bertz CT molecular complexity index is 150. The molecule has 0 amide bonds. The van der Waals surface area contributed by atoms with Gasteiger partial charge in [0.15, 0.2) is 0 Å². The molecule has 0 radical (unpaired) electrons. The maximum atomic E-state index is 8.88. The van der Waals surface area contributed by atoms with E-state index in [1.54, 1.807) is 0 Å². The Morgan fingerprint density at radius 3 is 1.36 bits per heavy atom. The average molecular weight is 227 g/mol. The van der Waals surface area contributed by atoms with Crippen molar-refractivity contribution in [3.05, 3.63) is 0 Å². The van der Waals surface area contributed by atoms with Crippen molar-refractivity contribution in [1.29, 1.82) is 0 Å². The van der Waals surface area contributed by atoms with Gasteiger partial charge in [0.05, 0.1) is 0 Å². The van der Waals surface area contributed by atoms with Gasteiger partial charge in [0, 0.05) is 0 Å². The van der Waals surface area contributed by atoms with Crippen molar-refractivity contribution in [3.8, 4) is 0 Å². The normalized spacial score (nSPS) is 11.5. The third-order valence-electron chi connectivity index (χ3n) is 1.11. The second-order valence-corrected chi connectivity index (χ2v) is 4.99. The molecule has 0 rings (SSSR count). The van der Waals surface area contributed by atoms with Crippen molar-refractivity contribution in [2.45, 2.75) is 27.7 Å². The minimum atomic E-state index is -4.64. The summed E-state index contributed by atoms with van der Waals surface area (Å²) in [4.78, 5) is 21.6. The summed E-state index contributed by atoms with van der Waals surface area (Å²) in [7, 11) is -4.64. The molecular formula is C8H22NO4P. The third kappa shape index (κ3) is 40.1. The zero-order valence-corrected chi connectivity index (χ0v) is 10.2. The van der Waals surface area contributed by atoms with Crippen LogP contribution in [0.15, 0.2) is 0 Å². The lowest BCUT2D eigenvalue weighted by Crippen LogP contribution is -2.23. The first-order valence-corrected chi connectivity index (χ1v) is 6.18. The maximum Gasteiger partial charge on any atom is 0.466 e. The van der Waals surface area contributed by atoms with Gasteiger partial charge in [-0.2, -0.15) is 0 Å². The summed E-state index contributed by atoms with van der Waals surface area (Å²) in [6, 6.07) is 0. The van der Waals surface area contributed by atoms with Gasteiger partial charge in [-0.1, -0.05) is 27.7 Å². The number of phosphoric acid groups is 1. The molecule has 5 nitrogen and oxygen atoms in total. The number of nitrogens with one attached hydrogen (secondary N) is 1. The lowest BCUT2D eigenvalue weighted by molar-refractivity contribution is 0.275. The minimum Gasteiger partial charge on any atom is -0.316 e. The van der Waals surface area contributed by atoms with Gasteiger partial charge in [-0.25, -0.2) is 4.57 Å². The van der Waals surface area contributed by atoms with Crippen LogP contribution in [-0.4, -0.2) is 27.8 Å². The second kappa shape index (κ2) is 8.38. The van der Waals surface area contributed by atoms with Crippen molar-refractivity contribution >= 4 is 7.82 Å². The highest BCUT2D eigenvalue weighted by Gasteiger charge is 2.00. The lowest BCUT2D eigenvalue weighted by atomic mass is 10.2. The van der Waals surface area contributed by atoms with Gasteiger partial charge in [-0.15, -0.1) is 0 Å². The summed E-state index contributed by atoms with van der Waals surface area (Å²) in [5.74, 6) is 1.56. The Morgan fingerprint density at radius 1 is 1.00 bits per heavy atom. The quantitative estimate of drug-likeness (QED) is 0.537. The molecule has 0 bridgehead atoms. The van der Waals surface area contributed by atoms with Gasteiger partial charge in [-0.05, 0) is 24.9 Å². The van der Waals surface area contributed by atoms with E-state index in [0.717, 1.165) is 24.9 Å². The smallest absolute Gasteiger partial charge is 0.316 e. The van der Waals surface area contributed by atoms with Gasteiger partial charge in [0.1, 0.15) is 0 Å². The largest absolute Gasteiger partial charge is 0.466 e. The molecule has 0 heterocycles. The summed E-state index contributed by atoms with van der Waals surface area (Å²) in [5, 5.41) is 3.38. The van der Waals surface area contributed by atoms with E-state index in [9.17, 15) is 0 Å². The first-order valence-electron chi connectivity index (χ1n) is 4.62. The van der Waals surface area contributed by atoms with Crippen LogP contribution in [0.25, 0.3) is 0 Å².